The van der Waals surface area contributed by atoms with E-state index in [2.05, 4.69) is 42.8 Å². The molecule has 0 saturated carbocycles. The lowest BCUT2D eigenvalue weighted by Crippen LogP contribution is -2.11. The first-order valence-electron chi connectivity index (χ1n) is 5.28. The molecule has 0 amide bonds. The molecule has 0 saturated heterocycles. The van der Waals surface area contributed by atoms with E-state index < -0.39 is 0 Å². The molecule has 1 rings (SSSR count). The molecule has 0 aromatic heterocycles. The first-order valence-corrected chi connectivity index (χ1v) is 7.66. The van der Waals surface area contributed by atoms with Crippen molar-refractivity contribution in [2.24, 2.45) is 0 Å². The molecule has 0 atom stereocenters. The molecule has 0 aliphatic heterocycles. The molecule has 15 heavy (non-hydrogen) atoms. The number of nitrogens with one attached hydrogen (secondary N) is 1. The minimum Gasteiger partial charge on any atom is -0.313 e. The van der Waals surface area contributed by atoms with Gasteiger partial charge in [0.05, 0.1) is 0 Å². The Kier molecular flexibility index (Phi) is 6.98. The lowest BCUT2D eigenvalue weighted by Gasteiger charge is -2.05. The second-order valence-corrected chi connectivity index (χ2v) is 5.42. The van der Waals surface area contributed by atoms with Crippen LogP contribution in [0.1, 0.15) is 12.5 Å². The van der Waals surface area contributed by atoms with Gasteiger partial charge in [-0.1, -0.05) is 19.1 Å². The zero-order chi connectivity index (χ0) is 10.9. The van der Waals surface area contributed by atoms with Gasteiger partial charge in [-0.2, -0.15) is 11.8 Å². The van der Waals surface area contributed by atoms with E-state index in [1.165, 1.54) is 22.0 Å². The summed E-state index contributed by atoms with van der Waals surface area (Å²) in [5, 5.41) is 3.35. The molecule has 0 fully saturated rings. The van der Waals surface area contributed by atoms with Crippen LogP contribution in [0.25, 0.3) is 0 Å². The summed E-state index contributed by atoms with van der Waals surface area (Å²) >= 11 is 3.85. The molecule has 0 unspecified atom stereocenters. The van der Waals surface area contributed by atoms with Gasteiger partial charge in [0.2, 0.25) is 0 Å². The summed E-state index contributed by atoms with van der Waals surface area (Å²) in [7, 11) is 0. The molecule has 0 bridgehead atoms. The monoisotopic (exact) mass is 241 g/mol. The lowest BCUT2D eigenvalue weighted by atomic mass is 10.2. The van der Waals surface area contributed by atoms with Crippen molar-refractivity contribution < 1.29 is 0 Å². The first kappa shape index (κ1) is 12.9. The predicted octanol–water partition coefficient (Wildman–Crippen LogP) is 3.25. The molecule has 84 valence electrons. The molecule has 3 heteroatoms. The molecule has 1 aromatic rings. The Bertz CT molecular complexity index is 276. The van der Waals surface area contributed by atoms with Gasteiger partial charge in [-0.3, -0.25) is 0 Å². The molecule has 0 spiro atoms. The van der Waals surface area contributed by atoms with Crippen LogP contribution in [0.5, 0.6) is 0 Å². The Labute approximate surface area is 101 Å². The third-order valence-corrected chi connectivity index (χ3v) is 3.90. The van der Waals surface area contributed by atoms with E-state index in [1.54, 1.807) is 0 Å². The summed E-state index contributed by atoms with van der Waals surface area (Å²) < 4.78 is 0. The highest BCUT2D eigenvalue weighted by atomic mass is 32.2. The van der Waals surface area contributed by atoms with Crippen molar-refractivity contribution in [2.45, 2.75) is 18.4 Å². The van der Waals surface area contributed by atoms with Crippen LogP contribution < -0.4 is 5.32 Å². The van der Waals surface area contributed by atoms with E-state index in [1.807, 2.05) is 23.5 Å². The molecule has 1 aromatic carbocycles. The summed E-state index contributed by atoms with van der Waals surface area (Å²) in [6.07, 6.45) is 2.15. The number of thioether (sulfide) groups is 2. The lowest BCUT2D eigenvalue weighted by molar-refractivity contribution is 0.725. The van der Waals surface area contributed by atoms with E-state index in [4.69, 9.17) is 0 Å². The molecule has 0 aliphatic carbocycles. The highest BCUT2D eigenvalue weighted by Crippen LogP contribution is 2.19. The summed E-state index contributed by atoms with van der Waals surface area (Å²) in [4.78, 5) is 1.39. The van der Waals surface area contributed by atoms with Gasteiger partial charge >= 0.3 is 0 Å². The number of benzene rings is 1. The van der Waals surface area contributed by atoms with Crippen LogP contribution in [0.4, 0.5) is 0 Å². The summed E-state index contributed by atoms with van der Waals surface area (Å²) in [6, 6.07) is 8.81. The fourth-order valence-electron chi connectivity index (χ4n) is 1.26. The smallest absolute Gasteiger partial charge is 0.0205 e. The second kappa shape index (κ2) is 8.08. The number of hydrogen-bond acceptors (Lipinski definition) is 3. The van der Waals surface area contributed by atoms with Crippen LogP contribution in [0.2, 0.25) is 0 Å². The van der Waals surface area contributed by atoms with E-state index in [0.717, 1.165) is 13.1 Å². The maximum atomic E-state index is 3.35. The van der Waals surface area contributed by atoms with Gasteiger partial charge in [0, 0.05) is 22.9 Å². The third kappa shape index (κ3) is 5.50. The van der Waals surface area contributed by atoms with Crippen molar-refractivity contribution in [1.29, 1.82) is 0 Å². The van der Waals surface area contributed by atoms with Crippen molar-refractivity contribution in [2.75, 3.05) is 24.3 Å². The zero-order valence-corrected chi connectivity index (χ0v) is 11.1. The van der Waals surface area contributed by atoms with Crippen LogP contribution in [-0.2, 0) is 6.54 Å². The molecular formula is C12H19NS2. The Balaban J connectivity index is 2.42. The highest BCUT2D eigenvalue weighted by molar-refractivity contribution is 8.02. The average Bonchev–Trinajstić information content (AvgIpc) is 2.27. The number of rotatable bonds is 7. The van der Waals surface area contributed by atoms with E-state index >= 15 is 0 Å². The van der Waals surface area contributed by atoms with Crippen molar-refractivity contribution in [3.8, 4) is 0 Å². The Morgan fingerprint density at radius 2 is 2.13 bits per heavy atom. The van der Waals surface area contributed by atoms with Crippen LogP contribution >= 0.6 is 23.5 Å². The molecule has 1 nitrogen and oxygen atoms in total. The molecule has 0 aliphatic rings. The Morgan fingerprint density at radius 1 is 1.27 bits per heavy atom. The normalized spacial score (nSPS) is 10.5. The molecule has 0 heterocycles. The van der Waals surface area contributed by atoms with E-state index in [-0.39, 0.29) is 0 Å². The standard InChI is InChI=1S/C12H19NS2/c1-3-13-10-11-5-4-6-12(9-11)15-8-7-14-2/h4-6,9,13H,3,7-8,10H2,1-2H3. The van der Waals surface area contributed by atoms with Crippen LogP contribution in [0.3, 0.4) is 0 Å². The third-order valence-electron chi connectivity index (χ3n) is 2.03. The van der Waals surface area contributed by atoms with Gasteiger partial charge in [-0.05, 0) is 30.5 Å². The van der Waals surface area contributed by atoms with Gasteiger partial charge in [0.15, 0.2) is 0 Å². The van der Waals surface area contributed by atoms with Crippen LogP contribution in [-0.4, -0.2) is 24.3 Å². The average molecular weight is 241 g/mol. The van der Waals surface area contributed by atoms with Gasteiger partial charge in [0.25, 0.3) is 0 Å². The SMILES string of the molecule is CCNCc1cccc(SCCSC)c1. The fourth-order valence-corrected chi connectivity index (χ4v) is 2.90. The van der Waals surface area contributed by atoms with Gasteiger partial charge in [0.1, 0.15) is 0 Å². The minimum absolute atomic E-state index is 0.980. The van der Waals surface area contributed by atoms with Gasteiger partial charge in [-0.25, -0.2) is 0 Å². The van der Waals surface area contributed by atoms with Crippen molar-refractivity contribution >= 4 is 23.5 Å². The number of hydrogen-bond donors (Lipinski definition) is 1. The predicted molar refractivity (Wildman–Crippen MR) is 72.9 cm³/mol. The van der Waals surface area contributed by atoms with Crippen molar-refractivity contribution in [3.63, 3.8) is 0 Å². The van der Waals surface area contributed by atoms with Gasteiger partial charge in [-0.15, -0.1) is 11.8 Å². The van der Waals surface area contributed by atoms with Crippen molar-refractivity contribution in [1.82, 2.24) is 5.32 Å². The molecule has 0 radical (unpaired) electrons. The van der Waals surface area contributed by atoms with Crippen LogP contribution in [0.15, 0.2) is 29.2 Å². The Hall–Kier alpha value is -0.120. The van der Waals surface area contributed by atoms with Gasteiger partial charge < -0.3 is 5.32 Å². The fraction of sp³-hybridized carbons (Fsp3) is 0.500. The second-order valence-electron chi connectivity index (χ2n) is 3.27. The highest BCUT2D eigenvalue weighted by Gasteiger charge is 1.96. The van der Waals surface area contributed by atoms with E-state index in [9.17, 15) is 0 Å². The Morgan fingerprint density at radius 3 is 2.87 bits per heavy atom. The van der Waals surface area contributed by atoms with Crippen molar-refractivity contribution in [3.05, 3.63) is 29.8 Å². The maximum absolute atomic E-state index is 3.35. The van der Waals surface area contributed by atoms with Crippen LogP contribution in [0, 0.1) is 0 Å². The summed E-state index contributed by atoms with van der Waals surface area (Å²) in [6.45, 7) is 4.15. The van der Waals surface area contributed by atoms with E-state index in [0.29, 0.717) is 0 Å². The quantitative estimate of drug-likeness (QED) is 0.581. The largest absolute Gasteiger partial charge is 0.313 e. The summed E-state index contributed by atoms with van der Waals surface area (Å²) in [5.74, 6) is 2.42. The molecular weight excluding hydrogens is 222 g/mol. The topological polar surface area (TPSA) is 12.0 Å². The molecule has 1 N–H and O–H groups in total. The minimum atomic E-state index is 0.980. The first-order chi connectivity index (χ1) is 7.36. The maximum Gasteiger partial charge on any atom is 0.0205 e. The summed E-state index contributed by atoms with van der Waals surface area (Å²) in [5.41, 5.74) is 1.38. The zero-order valence-electron chi connectivity index (χ0n) is 9.45.